The van der Waals surface area contributed by atoms with Crippen LogP contribution in [0.25, 0.3) is 75.8 Å². The zero-order valence-electron chi connectivity index (χ0n) is 33.1. The molecular formula is C57H41NS. The molecule has 11 rings (SSSR count). The monoisotopic (exact) mass is 771 g/mol. The standard InChI is InChI=1S/C57H41NS/c1-57(2)51-25-13-11-21-46(51)47-35-33-43(37-52(47)57)58(42-31-28-38(29-32-42)41-30-34-49-48-22-12-14-27-54(48)59-55(49)36-41)53-26-15-24-45(40-18-7-4-8-19-40)56(53)50-23-10-9-20-44(50)39-16-5-3-6-17-39/h3-37H,1-2H3. The number of thiophene rings is 1. The predicted molar refractivity (Wildman–Crippen MR) is 253 cm³/mol. The van der Waals surface area contributed by atoms with E-state index in [9.17, 15) is 0 Å². The molecule has 1 aliphatic carbocycles. The number of rotatable bonds is 7. The van der Waals surface area contributed by atoms with Crippen LogP contribution in [0.2, 0.25) is 0 Å². The molecule has 59 heavy (non-hydrogen) atoms. The minimum atomic E-state index is -0.142. The third-order valence-corrected chi connectivity index (χ3v) is 13.4. The van der Waals surface area contributed by atoms with Gasteiger partial charge in [0.2, 0.25) is 0 Å². The summed E-state index contributed by atoms with van der Waals surface area (Å²) in [6, 6.07) is 78.2. The zero-order chi connectivity index (χ0) is 39.5. The quantitative estimate of drug-likeness (QED) is 0.156. The Balaban J connectivity index is 1.13. The van der Waals surface area contributed by atoms with E-state index in [0.29, 0.717) is 0 Å². The van der Waals surface area contributed by atoms with Gasteiger partial charge in [-0.2, -0.15) is 0 Å². The highest BCUT2D eigenvalue weighted by Crippen LogP contribution is 2.53. The average molecular weight is 772 g/mol. The summed E-state index contributed by atoms with van der Waals surface area (Å²) in [4.78, 5) is 2.49. The van der Waals surface area contributed by atoms with Crippen LogP contribution in [0.1, 0.15) is 25.0 Å². The third-order valence-electron chi connectivity index (χ3n) is 12.3. The molecule has 0 unspecified atom stereocenters. The normalized spacial score (nSPS) is 12.7. The van der Waals surface area contributed by atoms with E-state index in [2.05, 4.69) is 231 Å². The topological polar surface area (TPSA) is 3.24 Å². The molecule has 0 atom stereocenters. The van der Waals surface area contributed by atoms with Crippen LogP contribution < -0.4 is 4.90 Å². The van der Waals surface area contributed by atoms with E-state index in [1.165, 1.54) is 86.9 Å². The molecule has 10 aromatic rings. The highest BCUT2D eigenvalue weighted by Gasteiger charge is 2.36. The van der Waals surface area contributed by atoms with Gasteiger partial charge in [0.05, 0.1) is 5.69 Å². The fraction of sp³-hybridized carbons (Fsp3) is 0.0526. The van der Waals surface area contributed by atoms with Gasteiger partial charge < -0.3 is 4.90 Å². The summed E-state index contributed by atoms with van der Waals surface area (Å²) in [7, 11) is 0. The Bertz CT molecular complexity index is 3170. The van der Waals surface area contributed by atoms with E-state index >= 15 is 0 Å². The van der Waals surface area contributed by atoms with Crippen molar-refractivity contribution < 1.29 is 0 Å². The molecule has 0 saturated heterocycles. The predicted octanol–water partition coefficient (Wildman–Crippen LogP) is 16.5. The number of hydrogen-bond acceptors (Lipinski definition) is 2. The van der Waals surface area contributed by atoms with E-state index in [1.54, 1.807) is 0 Å². The van der Waals surface area contributed by atoms with Crippen molar-refractivity contribution in [3.05, 3.63) is 223 Å². The maximum atomic E-state index is 2.49. The molecule has 2 heteroatoms. The van der Waals surface area contributed by atoms with Crippen molar-refractivity contribution in [2.45, 2.75) is 19.3 Å². The van der Waals surface area contributed by atoms with Crippen LogP contribution in [0, 0.1) is 0 Å². The van der Waals surface area contributed by atoms with Crippen LogP contribution in [0.4, 0.5) is 17.1 Å². The zero-order valence-corrected chi connectivity index (χ0v) is 33.9. The number of fused-ring (bicyclic) bond motifs is 6. The highest BCUT2D eigenvalue weighted by molar-refractivity contribution is 7.25. The summed E-state index contributed by atoms with van der Waals surface area (Å²) in [6.07, 6.45) is 0. The Hall–Kier alpha value is -7.00. The largest absolute Gasteiger partial charge is 0.310 e. The summed E-state index contributed by atoms with van der Waals surface area (Å²) >= 11 is 1.87. The first-order valence-corrected chi connectivity index (χ1v) is 21.2. The maximum Gasteiger partial charge on any atom is 0.0546 e. The van der Waals surface area contributed by atoms with Crippen LogP contribution in [-0.4, -0.2) is 0 Å². The fourth-order valence-corrected chi connectivity index (χ4v) is 10.6. The highest BCUT2D eigenvalue weighted by atomic mass is 32.1. The van der Waals surface area contributed by atoms with Crippen molar-refractivity contribution in [1.82, 2.24) is 0 Å². The van der Waals surface area contributed by atoms with Crippen molar-refractivity contribution in [3.63, 3.8) is 0 Å². The average Bonchev–Trinajstić information content (AvgIpc) is 3.78. The number of nitrogens with zero attached hydrogens (tertiary/aromatic N) is 1. The smallest absolute Gasteiger partial charge is 0.0546 e. The van der Waals surface area contributed by atoms with E-state index < -0.39 is 0 Å². The molecule has 0 spiro atoms. The Morgan fingerprint density at radius 2 is 0.932 bits per heavy atom. The second-order valence-electron chi connectivity index (χ2n) is 16.1. The molecule has 0 fully saturated rings. The first-order chi connectivity index (χ1) is 29.0. The molecule has 9 aromatic carbocycles. The van der Waals surface area contributed by atoms with Gasteiger partial charge >= 0.3 is 0 Å². The molecule has 280 valence electrons. The van der Waals surface area contributed by atoms with Gasteiger partial charge in [-0.05, 0) is 104 Å². The Kier molecular flexibility index (Phi) is 8.43. The Morgan fingerprint density at radius 3 is 1.71 bits per heavy atom. The van der Waals surface area contributed by atoms with Crippen molar-refractivity contribution in [2.24, 2.45) is 0 Å². The second kappa shape index (κ2) is 14.1. The molecule has 0 bridgehead atoms. The second-order valence-corrected chi connectivity index (χ2v) is 17.2. The molecule has 0 radical (unpaired) electrons. The van der Waals surface area contributed by atoms with Crippen LogP contribution in [0.5, 0.6) is 0 Å². The van der Waals surface area contributed by atoms with Crippen molar-refractivity contribution in [3.8, 4) is 55.6 Å². The molecule has 1 aromatic heterocycles. The van der Waals surface area contributed by atoms with Crippen molar-refractivity contribution in [1.29, 1.82) is 0 Å². The van der Waals surface area contributed by atoms with Gasteiger partial charge in [-0.3, -0.25) is 0 Å². The SMILES string of the molecule is CC1(C)c2ccccc2-c2ccc(N(c3ccc(-c4ccc5c(c4)sc4ccccc45)cc3)c3cccc(-c4ccccc4)c3-c3ccccc3-c3ccccc3)cc21. The van der Waals surface area contributed by atoms with E-state index in [4.69, 9.17) is 0 Å². The summed E-state index contributed by atoms with van der Waals surface area (Å²) in [6.45, 7) is 4.73. The van der Waals surface area contributed by atoms with E-state index in [1.807, 2.05) is 11.3 Å². The Morgan fingerprint density at radius 1 is 0.356 bits per heavy atom. The summed E-state index contributed by atoms with van der Waals surface area (Å²) < 4.78 is 2.64. The van der Waals surface area contributed by atoms with Crippen LogP contribution in [-0.2, 0) is 5.41 Å². The van der Waals surface area contributed by atoms with Gasteiger partial charge in [0.1, 0.15) is 0 Å². The molecular weight excluding hydrogens is 731 g/mol. The van der Waals surface area contributed by atoms with E-state index in [-0.39, 0.29) is 5.41 Å². The maximum absolute atomic E-state index is 2.49. The lowest BCUT2D eigenvalue weighted by Gasteiger charge is -2.31. The molecule has 0 aliphatic heterocycles. The molecule has 1 nitrogen and oxygen atoms in total. The van der Waals surface area contributed by atoms with Gasteiger partial charge in [0.15, 0.2) is 0 Å². The molecule has 0 N–H and O–H groups in total. The van der Waals surface area contributed by atoms with Gasteiger partial charge in [0, 0.05) is 42.5 Å². The van der Waals surface area contributed by atoms with Crippen LogP contribution in [0.15, 0.2) is 212 Å². The molecule has 1 heterocycles. The molecule has 0 amide bonds. The lowest BCUT2D eigenvalue weighted by molar-refractivity contribution is 0.660. The van der Waals surface area contributed by atoms with Crippen LogP contribution in [0.3, 0.4) is 0 Å². The third kappa shape index (κ3) is 5.91. The van der Waals surface area contributed by atoms with Crippen LogP contribution >= 0.6 is 11.3 Å². The minimum absolute atomic E-state index is 0.142. The summed E-state index contributed by atoms with van der Waals surface area (Å²) in [5, 5.41) is 2.65. The number of hydrogen-bond donors (Lipinski definition) is 0. The molecule has 0 saturated carbocycles. The summed E-state index contributed by atoms with van der Waals surface area (Å²) in [5.41, 5.74) is 18.2. The van der Waals surface area contributed by atoms with Gasteiger partial charge in [-0.15, -0.1) is 11.3 Å². The first kappa shape index (κ1) is 35.2. The lowest BCUT2D eigenvalue weighted by Crippen LogP contribution is -2.17. The fourth-order valence-electron chi connectivity index (χ4n) is 9.41. The number of anilines is 3. The van der Waals surface area contributed by atoms with Gasteiger partial charge in [-0.25, -0.2) is 0 Å². The van der Waals surface area contributed by atoms with Gasteiger partial charge in [0.25, 0.3) is 0 Å². The van der Waals surface area contributed by atoms with Gasteiger partial charge in [-0.1, -0.05) is 184 Å². The molecule has 1 aliphatic rings. The summed E-state index contributed by atoms with van der Waals surface area (Å²) in [5.74, 6) is 0. The Labute approximate surface area is 350 Å². The number of benzene rings is 9. The lowest BCUT2D eigenvalue weighted by atomic mass is 9.82. The van der Waals surface area contributed by atoms with Crippen molar-refractivity contribution >= 4 is 48.6 Å². The first-order valence-electron chi connectivity index (χ1n) is 20.4. The van der Waals surface area contributed by atoms with Crippen molar-refractivity contribution in [2.75, 3.05) is 4.90 Å². The minimum Gasteiger partial charge on any atom is -0.310 e. The van der Waals surface area contributed by atoms with E-state index in [0.717, 1.165) is 17.1 Å².